The first kappa shape index (κ1) is 13.9. The second-order valence-electron chi connectivity index (χ2n) is 3.44. The van der Waals surface area contributed by atoms with E-state index in [1.54, 1.807) is 5.38 Å². The summed E-state index contributed by atoms with van der Waals surface area (Å²) in [6, 6.07) is 3.66. The minimum Gasteiger partial charge on any atom is -0.477 e. The highest BCUT2D eigenvalue weighted by atomic mass is 32.2. The molecule has 0 unspecified atom stereocenters. The number of carboxylic acids is 1. The van der Waals surface area contributed by atoms with Gasteiger partial charge in [0.25, 0.3) is 0 Å². The van der Waals surface area contributed by atoms with Crippen LogP contribution in [0.25, 0.3) is 0 Å². The molecule has 2 aromatic rings. The zero-order chi connectivity index (χ0) is 14.0. The number of carboxylic acid groups (broad SMARTS) is 1. The maximum absolute atomic E-state index is 12.3. The van der Waals surface area contributed by atoms with Crippen LogP contribution in [-0.4, -0.2) is 16.1 Å². The van der Waals surface area contributed by atoms with E-state index >= 15 is 0 Å². The summed E-state index contributed by atoms with van der Waals surface area (Å²) in [4.78, 5) is 15.2. The van der Waals surface area contributed by atoms with Crippen LogP contribution < -0.4 is 0 Å². The Hall–Kier alpha value is -1.54. The minimum atomic E-state index is -4.41. The predicted molar refractivity (Wildman–Crippen MR) is 64.6 cm³/mol. The van der Waals surface area contributed by atoms with E-state index in [0.717, 1.165) is 35.4 Å². The molecule has 0 bridgehead atoms. The van der Waals surface area contributed by atoms with Gasteiger partial charge in [0.15, 0.2) is 0 Å². The Morgan fingerprint density at radius 3 is 2.58 bits per heavy atom. The van der Waals surface area contributed by atoms with Crippen LogP contribution in [0, 0.1) is 0 Å². The van der Waals surface area contributed by atoms with E-state index in [1.165, 1.54) is 12.1 Å². The van der Waals surface area contributed by atoms with Crippen molar-refractivity contribution in [2.24, 2.45) is 0 Å². The number of hydrogen-bond acceptors (Lipinski definition) is 4. The summed E-state index contributed by atoms with van der Waals surface area (Å²) in [6.45, 7) is 0. The Labute approximate surface area is 114 Å². The first-order chi connectivity index (χ1) is 8.86. The summed E-state index contributed by atoms with van der Waals surface area (Å²) in [7, 11) is 0. The molecule has 0 atom stereocenters. The lowest BCUT2D eigenvalue weighted by Crippen LogP contribution is -2.04. The summed E-state index contributed by atoms with van der Waals surface area (Å²) in [5.41, 5.74) is -0.812. The first-order valence-electron chi connectivity index (χ1n) is 4.89. The standard InChI is InChI=1S/C11H6F3NO2S2/c12-11(13,14)6-1-2-9(15-4-6)19-7-3-8(10(16)17)18-5-7/h1-5H,(H,16,17). The SMILES string of the molecule is O=C(O)c1cc(Sc2ccc(C(F)(F)F)cn2)cs1. The third-order valence-electron chi connectivity index (χ3n) is 2.07. The van der Waals surface area contributed by atoms with Crippen molar-refractivity contribution in [1.29, 1.82) is 0 Å². The van der Waals surface area contributed by atoms with Gasteiger partial charge >= 0.3 is 12.1 Å². The molecule has 1 N–H and O–H groups in total. The molecule has 0 aliphatic carbocycles. The Morgan fingerprint density at radius 2 is 2.11 bits per heavy atom. The lowest BCUT2D eigenvalue weighted by Gasteiger charge is -2.05. The van der Waals surface area contributed by atoms with E-state index in [-0.39, 0.29) is 4.88 Å². The van der Waals surface area contributed by atoms with Gasteiger partial charge in [-0.05, 0) is 18.2 Å². The highest BCUT2D eigenvalue weighted by Crippen LogP contribution is 2.33. The van der Waals surface area contributed by atoms with Crippen LogP contribution in [0.3, 0.4) is 0 Å². The van der Waals surface area contributed by atoms with Crippen LogP contribution in [0.15, 0.2) is 39.7 Å². The van der Waals surface area contributed by atoms with Gasteiger partial charge in [-0.1, -0.05) is 11.8 Å². The zero-order valence-electron chi connectivity index (χ0n) is 9.14. The van der Waals surface area contributed by atoms with Crippen molar-refractivity contribution in [3.05, 3.63) is 40.2 Å². The van der Waals surface area contributed by atoms with Crippen molar-refractivity contribution in [3.8, 4) is 0 Å². The van der Waals surface area contributed by atoms with Crippen molar-refractivity contribution in [1.82, 2.24) is 4.98 Å². The lowest BCUT2D eigenvalue weighted by molar-refractivity contribution is -0.137. The molecule has 0 spiro atoms. The summed E-state index contributed by atoms with van der Waals surface area (Å²) in [6.07, 6.45) is -3.65. The van der Waals surface area contributed by atoms with Crippen molar-refractivity contribution in [2.45, 2.75) is 16.1 Å². The molecule has 2 heterocycles. The van der Waals surface area contributed by atoms with Gasteiger partial charge in [-0.3, -0.25) is 0 Å². The second-order valence-corrected chi connectivity index (χ2v) is 5.44. The van der Waals surface area contributed by atoms with E-state index in [0.29, 0.717) is 9.92 Å². The van der Waals surface area contributed by atoms with E-state index in [2.05, 4.69) is 4.98 Å². The van der Waals surface area contributed by atoms with E-state index in [4.69, 9.17) is 5.11 Å². The normalized spacial score (nSPS) is 11.5. The van der Waals surface area contributed by atoms with Crippen molar-refractivity contribution in [2.75, 3.05) is 0 Å². The number of pyridine rings is 1. The molecule has 0 saturated carbocycles. The first-order valence-corrected chi connectivity index (χ1v) is 6.59. The molecule has 2 rings (SSSR count). The van der Waals surface area contributed by atoms with E-state index < -0.39 is 17.7 Å². The molecule has 19 heavy (non-hydrogen) atoms. The second kappa shape index (κ2) is 5.22. The molecule has 3 nitrogen and oxygen atoms in total. The van der Waals surface area contributed by atoms with Gasteiger partial charge in [-0.25, -0.2) is 9.78 Å². The third kappa shape index (κ3) is 3.48. The Bertz CT molecular complexity index is 593. The topological polar surface area (TPSA) is 50.2 Å². The van der Waals surface area contributed by atoms with Gasteiger partial charge in [0.1, 0.15) is 9.90 Å². The number of nitrogens with zero attached hydrogens (tertiary/aromatic N) is 1. The zero-order valence-corrected chi connectivity index (χ0v) is 10.8. The third-order valence-corrected chi connectivity index (χ3v) is 4.06. The van der Waals surface area contributed by atoms with Crippen LogP contribution in [0.1, 0.15) is 15.2 Å². The highest BCUT2D eigenvalue weighted by Gasteiger charge is 2.30. The molecule has 0 amide bonds. The molecule has 0 radical (unpaired) electrons. The summed E-state index contributed by atoms with van der Waals surface area (Å²) >= 11 is 2.17. The number of rotatable bonds is 3. The van der Waals surface area contributed by atoms with Crippen molar-refractivity contribution in [3.63, 3.8) is 0 Å². The van der Waals surface area contributed by atoms with Gasteiger partial charge < -0.3 is 5.11 Å². The average molecular weight is 305 g/mol. The van der Waals surface area contributed by atoms with Gasteiger partial charge in [-0.15, -0.1) is 11.3 Å². The van der Waals surface area contributed by atoms with Gasteiger partial charge in [0.05, 0.1) is 5.56 Å². The minimum absolute atomic E-state index is 0.175. The van der Waals surface area contributed by atoms with E-state index in [1.807, 2.05) is 0 Å². The molecule has 8 heteroatoms. The number of alkyl halides is 3. The van der Waals surface area contributed by atoms with Gasteiger partial charge in [0, 0.05) is 16.5 Å². The lowest BCUT2D eigenvalue weighted by atomic mass is 10.3. The Morgan fingerprint density at radius 1 is 1.37 bits per heavy atom. The summed E-state index contributed by atoms with van der Waals surface area (Å²) in [5, 5.41) is 10.7. The fraction of sp³-hybridized carbons (Fsp3) is 0.0909. The predicted octanol–water partition coefficient (Wildman–Crippen LogP) is 4.01. The fourth-order valence-corrected chi connectivity index (χ4v) is 2.89. The molecule has 2 aromatic heterocycles. The molecular formula is C11H6F3NO2S2. The Kier molecular flexibility index (Phi) is 3.81. The fourth-order valence-electron chi connectivity index (χ4n) is 1.21. The molecule has 0 saturated heterocycles. The van der Waals surface area contributed by atoms with Crippen LogP contribution in [0.5, 0.6) is 0 Å². The highest BCUT2D eigenvalue weighted by molar-refractivity contribution is 7.99. The molecule has 0 fully saturated rings. The number of halogens is 3. The smallest absolute Gasteiger partial charge is 0.417 e. The number of aromatic carboxylic acids is 1. The quantitative estimate of drug-likeness (QED) is 0.931. The molecule has 0 aliphatic heterocycles. The van der Waals surface area contributed by atoms with Crippen LogP contribution in [0.2, 0.25) is 0 Å². The van der Waals surface area contributed by atoms with Crippen LogP contribution >= 0.6 is 23.1 Å². The number of aromatic nitrogens is 1. The average Bonchev–Trinajstić information content (AvgIpc) is 2.77. The maximum Gasteiger partial charge on any atom is 0.417 e. The monoisotopic (exact) mass is 305 g/mol. The molecule has 100 valence electrons. The number of carbonyl (C=O) groups is 1. The molecule has 0 aliphatic rings. The molecular weight excluding hydrogens is 299 g/mol. The summed E-state index contributed by atoms with van der Waals surface area (Å²) in [5.74, 6) is -1.03. The largest absolute Gasteiger partial charge is 0.477 e. The van der Waals surface area contributed by atoms with Crippen LogP contribution in [0.4, 0.5) is 13.2 Å². The number of hydrogen-bond donors (Lipinski definition) is 1. The maximum atomic E-state index is 12.3. The summed E-state index contributed by atoms with van der Waals surface area (Å²) < 4.78 is 37.0. The van der Waals surface area contributed by atoms with Gasteiger partial charge in [-0.2, -0.15) is 13.2 Å². The van der Waals surface area contributed by atoms with Gasteiger partial charge in [0.2, 0.25) is 0 Å². The van der Waals surface area contributed by atoms with Crippen molar-refractivity contribution >= 4 is 29.1 Å². The van der Waals surface area contributed by atoms with Crippen molar-refractivity contribution < 1.29 is 23.1 Å². The molecule has 0 aromatic carbocycles. The number of thiophene rings is 1. The van der Waals surface area contributed by atoms with E-state index in [9.17, 15) is 18.0 Å². The van der Waals surface area contributed by atoms with Crippen LogP contribution in [-0.2, 0) is 6.18 Å². The Balaban J connectivity index is 2.13.